The number of fused-ring (bicyclic) bond motifs is 2. The first-order chi connectivity index (χ1) is 11.8. The highest BCUT2D eigenvalue weighted by molar-refractivity contribution is 5.94. The molecule has 5 heteroatoms. The molecule has 0 aliphatic carbocycles. The van der Waals surface area contributed by atoms with Crippen molar-refractivity contribution in [2.75, 3.05) is 0 Å². The van der Waals surface area contributed by atoms with Crippen LogP contribution in [0.15, 0.2) is 59.1 Å². The monoisotopic (exact) mass is 314 g/mol. The molecule has 2 aromatic carbocycles. The summed E-state index contributed by atoms with van der Waals surface area (Å²) in [6.07, 6.45) is 1.88. The smallest absolute Gasteiger partial charge is 0.138 e. The molecule has 116 valence electrons. The summed E-state index contributed by atoms with van der Waals surface area (Å²) in [6.45, 7) is 1.95. The molecule has 0 amide bonds. The minimum atomic E-state index is 0.840. The lowest BCUT2D eigenvalue weighted by molar-refractivity contribution is 0.548. The number of aryl methyl sites for hydroxylation is 1. The van der Waals surface area contributed by atoms with Gasteiger partial charge >= 0.3 is 0 Å². The van der Waals surface area contributed by atoms with Crippen LogP contribution in [0.1, 0.15) is 5.76 Å². The lowest BCUT2D eigenvalue weighted by atomic mass is 10.1. The fraction of sp³-hybridized carbons (Fsp3) is 0.0526. The fourth-order valence-corrected chi connectivity index (χ4v) is 2.99. The molecule has 24 heavy (non-hydrogen) atoms. The van der Waals surface area contributed by atoms with E-state index in [0.717, 1.165) is 50.4 Å². The summed E-state index contributed by atoms with van der Waals surface area (Å²) >= 11 is 0. The summed E-state index contributed by atoms with van der Waals surface area (Å²) in [6, 6.07) is 16.2. The molecular formula is C19H14N4O. The van der Waals surface area contributed by atoms with Gasteiger partial charge in [-0.2, -0.15) is 5.10 Å². The summed E-state index contributed by atoms with van der Waals surface area (Å²) in [5.41, 5.74) is 4.90. The first-order valence-electron chi connectivity index (χ1n) is 7.77. The molecule has 0 spiro atoms. The minimum absolute atomic E-state index is 0.840. The minimum Gasteiger partial charge on any atom is -0.461 e. The second-order valence-electron chi connectivity index (χ2n) is 5.89. The van der Waals surface area contributed by atoms with Crippen molar-refractivity contribution in [2.45, 2.75) is 6.92 Å². The van der Waals surface area contributed by atoms with E-state index in [1.807, 2.05) is 55.6 Å². The van der Waals surface area contributed by atoms with Crippen LogP contribution in [0.3, 0.4) is 0 Å². The molecule has 5 rings (SSSR count). The Balaban J connectivity index is 1.64. The third-order valence-corrected chi connectivity index (χ3v) is 4.20. The summed E-state index contributed by atoms with van der Waals surface area (Å²) in [7, 11) is 0. The highest BCUT2D eigenvalue weighted by atomic mass is 16.3. The standard InChI is InChI=1S/C19H14N4O/c1-11-5-6-18(24-11)12-3-2-4-13(7-12)19-21-16-8-14-10-20-23-15(14)9-17(16)22-19/h2-10H,1H3,(H,20,23)(H,21,22). The predicted octanol–water partition coefficient (Wildman–Crippen LogP) is 4.67. The number of hydrogen-bond donors (Lipinski definition) is 2. The van der Waals surface area contributed by atoms with Crippen LogP contribution in [0.25, 0.3) is 44.6 Å². The first-order valence-corrected chi connectivity index (χ1v) is 7.77. The molecule has 0 fully saturated rings. The van der Waals surface area contributed by atoms with Gasteiger partial charge in [-0.3, -0.25) is 5.10 Å². The highest BCUT2D eigenvalue weighted by Crippen LogP contribution is 2.28. The van der Waals surface area contributed by atoms with Crippen molar-refractivity contribution in [3.05, 3.63) is 60.5 Å². The number of rotatable bonds is 2. The van der Waals surface area contributed by atoms with E-state index in [0.29, 0.717) is 0 Å². The Morgan fingerprint density at radius 3 is 2.75 bits per heavy atom. The number of nitrogens with zero attached hydrogens (tertiary/aromatic N) is 2. The van der Waals surface area contributed by atoms with Gasteiger partial charge in [0, 0.05) is 22.7 Å². The molecule has 0 saturated carbocycles. The molecule has 0 unspecified atom stereocenters. The summed E-state index contributed by atoms with van der Waals surface area (Å²) in [4.78, 5) is 8.11. The maximum atomic E-state index is 5.72. The van der Waals surface area contributed by atoms with E-state index in [4.69, 9.17) is 9.40 Å². The van der Waals surface area contributed by atoms with Crippen molar-refractivity contribution in [3.63, 3.8) is 0 Å². The van der Waals surface area contributed by atoms with E-state index in [2.05, 4.69) is 21.2 Å². The highest BCUT2D eigenvalue weighted by Gasteiger charge is 2.10. The Morgan fingerprint density at radius 1 is 0.958 bits per heavy atom. The zero-order valence-electron chi connectivity index (χ0n) is 13.0. The van der Waals surface area contributed by atoms with Gasteiger partial charge in [-0.1, -0.05) is 18.2 Å². The number of nitrogens with one attached hydrogen (secondary N) is 2. The van der Waals surface area contributed by atoms with Gasteiger partial charge in [0.05, 0.1) is 16.6 Å². The molecule has 0 bridgehead atoms. The zero-order chi connectivity index (χ0) is 16.1. The number of benzene rings is 2. The molecule has 5 aromatic rings. The molecule has 3 heterocycles. The molecule has 0 aliphatic rings. The zero-order valence-corrected chi connectivity index (χ0v) is 13.0. The lowest BCUT2D eigenvalue weighted by Gasteiger charge is -2.00. The van der Waals surface area contributed by atoms with E-state index in [1.165, 1.54) is 0 Å². The second-order valence-corrected chi connectivity index (χ2v) is 5.89. The lowest BCUT2D eigenvalue weighted by Crippen LogP contribution is -1.81. The van der Waals surface area contributed by atoms with E-state index in [-0.39, 0.29) is 0 Å². The van der Waals surface area contributed by atoms with E-state index >= 15 is 0 Å². The van der Waals surface area contributed by atoms with Crippen LogP contribution in [0.5, 0.6) is 0 Å². The number of H-pyrrole nitrogens is 2. The van der Waals surface area contributed by atoms with Crippen LogP contribution in [0.4, 0.5) is 0 Å². The average Bonchev–Trinajstić information content (AvgIpc) is 3.31. The van der Waals surface area contributed by atoms with Gasteiger partial charge in [0.2, 0.25) is 0 Å². The van der Waals surface area contributed by atoms with Crippen molar-refractivity contribution in [3.8, 4) is 22.7 Å². The molecule has 0 radical (unpaired) electrons. The number of aromatic amines is 2. The number of furan rings is 1. The maximum absolute atomic E-state index is 5.72. The van der Waals surface area contributed by atoms with Gasteiger partial charge in [0.15, 0.2) is 0 Å². The van der Waals surface area contributed by atoms with Crippen LogP contribution in [-0.4, -0.2) is 20.2 Å². The number of aromatic nitrogens is 4. The van der Waals surface area contributed by atoms with Crippen molar-refractivity contribution in [1.82, 2.24) is 20.2 Å². The topological polar surface area (TPSA) is 70.5 Å². The van der Waals surface area contributed by atoms with Gasteiger partial charge in [0.1, 0.15) is 17.3 Å². The van der Waals surface area contributed by atoms with E-state index < -0.39 is 0 Å². The number of hydrogen-bond acceptors (Lipinski definition) is 3. The Labute approximate surface area is 137 Å². The summed E-state index contributed by atoms with van der Waals surface area (Å²) in [5, 5.41) is 8.15. The summed E-state index contributed by atoms with van der Waals surface area (Å²) in [5.74, 6) is 2.61. The second kappa shape index (κ2) is 4.83. The third-order valence-electron chi connectivity index (χ3n) is 4.20. The molecule has 0 saturated heterocycles. The van der Waals surface area contributed by atoms with Gasteiger partial charge in [-0.15, -0.1) is 0 Å². The molecule has 5 nitrogen and oxygen atoms in total. The van der Waals surface area contributed by atoms with Crippen LogP contribution in [0.2, 0.25) is 0 Å². The quantitative estimate of drug-likeness (QED) is 0.497. The van der Waals surface area contributed by atoms with Gasteiger partial charge in [-0.25, -0.2) is 4.98 Å². The van der Waals surface area contributed by atoms with Gasteiger partial charge < -0.3 is 9.40 Å². The van der Waals surface area contributed by atoms with Crippen molar-refractivity contribution >= 4 is 21.9 Å². The number of imidazole rings is 1. The molecule has 0 atom stereocenters. The normalized spacial score (nSPS) is 11.5. The van der Waals surface area contributed by atoms with E-state index in [1.54, 1.807) is 0 Å². The maximum Gasteiger partial charge on any atom is 0.138 e. The fourth-order valence-electron chi connectivity index (χ4n) is 2.99. The Hall–Kier alpha value is -3.34. The largest absolute Gasteiger partial charge is 0.461 e. The SMILES string of the molecule is Cc1ccc(-c2cccc(-c3nc4cc5c[nH]nc5cc4[nH]3)c2)o1. The first kappa shape index (κ1) is 13.1. The van der Waals surface area contributed by atoms with Crippen LogP contribution in [-0.2, 0) is 0 Å². The predicted molar refractivity (Wildman–Crippen MR) is 93.6 cm³/mol. The Bertz CT molecular complexity index is 1130. The van der Waals surface area contributed by atoms with Crippen LogP contribution < -0.4 is 0 Å². The molecule has 0 aliphatic heterocycles. The molecular weight excluding hydrogens is 300 g/mol. The van der Waals surface area contributed by atoms with Crippen molar-refractivity contribution in [2.24, 2.45) is 0 Å². The Morgan fingerprint density at radius 2 is 1.88 bits per heavy atom. The Kier molecular flexibility index (Phi) is 2.64. The molecule has 2 N–H and O–H groups in total. The van der Waals surface area contributed by atoms with E-state index in [9.17, 15) is 0 Å². The third kappa shape index (κ3) is 2.02. The molecule has 3 aromatic heterocycles. The van der Waals surface area contributed by atoms with Crippen molar-refractivity contribution < 1.29 is 4.42 Å². The van der Waals surface area contributed by atoms with Crippen LogP contribution >= 0.6 is 0 Å². The van der Waals surface area contributed by atoms with Crippen LogP contribution in [0, 0.1) is 6.92 Å². The van der Waals surface area contributed by atoms with Crippen molar-refractivity contribution in [1.29, 1.82) is 0 Å². The average molecular weight is 314 g/mol. The summed E-state index contributed by atoms with van der Waals surface area (Å²) < 4.78 is 5.72. The van der Waals surface area contributed by atoms with Gasteiger partial charge in [-0.05, 0) is 37.3 Å². The van der Waals surface area contributed by atoms with Gasteiger partial charge in [0.25, 0.3) is 0 Å².